The zero-order valence-electron chi connectivity index (χ0n) is 14.4. The normalized spacial score (nSPS) is 23.1. The van der Waals surface area contributed by atoms with Gasteiger partial charge in [0, 0.05) is 24.7 Å². The summed E-state index contributed by atoms with van der Waals surface area (Å²) in [6.07, 6.45) is 5.00. The van der Waals surface area contributed by atoms with Gasteiger partial charge >= 0.3 is 0 Å². The number of piperidine rings is 1. The Bertz CT molecular complexity index is 903. The van der Waals surface area contributed by atoms with Crippen LogP contribution in [0.4, 0.5) is 0 Å². The van der Waals surface area contributed by atoms with Gasteiger partial charge in [-0.25, -0.2) is 9.97 Å². The molecule has 1 spiro atoms. The van der Waals surface area contributed by atoms with Crippen LogP contribution < -0.4 is 4.74 Å². The molecule has 1 saturated heterocycles. The number of fused-ring (bicyclic) bond motifs is 2. The van der Waals surface area contributed by atoms with E-state index in [0.717, 1.165) is 54.0 Å². The molecular weight excluding hydrogens is 314 g/mol. The summed E-state index contributed by atoms with van der Waals surface area (Å²) in [5.41, 5.74) is 3.65. The fourth-order valence-electron chi connectivity index (χ4n) is 4.11. The van der Waals surface area contributed by atoms with Gasteiger partial charge in [-0.2, -0.15) is 0 Å². The van der Waals surface area contributed by atoms with Gasteiger partial charge in [0.25, 0.3) is 0 Å². The van der Waals surface area contributed by atoms with E-state index < -0.39 is 0 Å². The van der Waals surface area contributed by atoms with Crippen molar-refractivity contribution in [2.24, 2.45) is 0 Å². The maximum absolute atomic E-state index is 6.31. The maximum Gasteiger partial charge on any atom is 0.228 e. The molecular formula is C20H21N3O2. The van der Waals surface area contributed by atoms with E-state index in [9.17, 15) is 0 Å². The Balaban J connectivity index is 1.47. The van der Waals surface area contributed by atoms with Crippen molar-refractivity contribution >= 4 is 11.1 Å². The Labute approximate surface area is 146 Å². The number of benzene rings is 1. The zero-order valence-corrected chi connectivity index (χ0v) is 14.4. The number of nitrogens with zero attached hydrogens (tertiary/aromatic N) is 3. The molecule has 2 aliphatic rings. The SMILES string of the molecule is CCN1CCC[C@]2(Cc3cc(-c4nc5ccccc5o4)cnc3O2)C1. The van der Waals surface area contributed by atoms with E-state index in [0.29, 0.717) is 5.89 Å². The van der Waals surface area contributed by atoms with E-state index >= 15 is 0 Å². The predicted molar refractivity (Wildman–Crippen MR) is 95.7 cm³/mol. The van der Waals surface area contributed by atoms with Crippen molar-refractivity contribution < 1.29 is 9.15 Å². The molecule has 0 radical (unpaired) electrons. The fourth-order valence-corrected chi connectivity index (χ4v) is 4.11. The van der Waals surface area contributed by atoms with E-state index in [1.54, 1.807) is 0 Å². The smallest absolute Gasteiger partial charge is 0.228 e. The third-order valence-electron chi connectivity index (χ3n) is 5.36. The van der Waals surface area contributed by atoms with Gasteiger partial charge in [0.05, 0.1) is 5.56 Å². The van der Waals surface area contributed by atoms with Crippen LogP contribution in [0, 0.1) is 0 Å². The van der Waals surface area contributed by atoms with Gasteiger partial charge in [-0.15, -0.1) is 0 Å². The third-order valence-corrected chi connectivity index (χ3v) is 5.36. The Morgan fingerprint density at radius 3 is 3.08 bits per heavy atom. The lowest BCUT2D eigenvalue weighted by Crippen LogP contribution is -2.51. The molecule has 5 nitrogen and oxygen atoms in total. The van der Waals surface area contributed by atoms with Crippen molar-refractivity contribution in [2.75, 3.05) is 19.6 Å². The molecule has 5 heteroatoms. The van der Waals surface area contributed by atoms with E-state index in [1.807, 2.05) is 30.5 Å². The Morgan fingerprint density at radius 1 is 1.28 bits per heavy atom. The lowest BCUT2D eigenvalue weighted by molar-refractivity contribution is 0.00781. The summed E-state index contributed by atoms with van der Waals surface area (Å²) in [7, 11) is 0. The first kappa shape index (κ1) is 14.9. The number of likely N-dealkylation sites (N-methyl/N-ethyl adjacent to an activating group) is 1. The van der Waals surface area contributed by atoms with Crippen LogP contribution in [0.2, 0.25) is 0 Å². The molecule has 1 fully saturated rings. The standard InChI is InChI=1S/C20H21N3O2/c1-2-23-9-5-8-20(13-23)11-14-10-15(12-21-18(14)25-20)19-22-16-6-3-4-7-17(16)24-19/h3-4,6-7,10,12H,2,5,8-9,11,13H2,1H3/t20-/m0/s1. The maximum atomic E-state index is 6.31. The predicted octanol–water partition coefficient (Wildman–Crippen LogP) is 3.68. The van der Waals surface area contributed by atoms with Crippen molar-refractivity contribution in [1.29, 1.82) is 0 Å². The molecule has 0 aliphatic carbocycles. The Morgan fingerprint density at radius 2 is 2.20 bits per heavy atom. The van der Waals surface area contributed by atoms with E-state index in [4.69, 9.17) is 9.15 Å². The van der Waals surface area contributed by atoms with Crippen LogP contribution in [0.25, 0.3) is 22.6 Å². The van der Waals surface area contributed by atoms with Crippen molar-refractivity contribution in [3.05, 3.63) is 42.1 Å². The summed E-state index contributed by atoms with van der Waals surface area (Å²) in [5, 5.41) is 0. The average molecular weight is 335 g/mol. The lowest BCUT2D eigenvalue weighted by Gasteiger charge is -2.38. The minimum atomic E-state index is -0.108. The highest BCUT2D eigenvalue weighted by atomic mass is 16.5. The average Bonchev–Trinajstić information content (AvgIpc) is 3.21. The highest BCUT2D eigenvalue weighted by molar-refractivity contribution is 5.76. The van der Waals surface area contributed by atoms with Crippen molar-refractivity contribution in [3.8, 4) is 17.3 Å². The minimum absolute atomic E-state index is 0.108. The molecule has 1 atom stereocenters. The molecule has 0 saturated carbocycles. The van der Waals surface area contributed by atoms with Gasteiger partial charge in [-0.05, 0) is 44.1 Å². The van der Waals surface area contributed by atoms with Gasteiger partial charge in [-0.1, -0.05) is 19.1 Å². The molecule has 0 unspecified atom stereocenters. The summed E-state index contributed by atoms with van der Waals surface area (Å²) in [6, 6.07) is 9.95. The van der Waals surface area contributed by atoms with Crippen molar-refractivity contribution in [1.82, 2.24) is 14.9 Å². The molecule has 4 heterocycles. The second kappa shape index (κ2) is 5.56. The van der Waals surface area contributed by atoms with Crippen molar-refractivity contribution in [2.45, 2.75) is 31.8 Å². The van der Waals surface area contributed by atoms with Crippen LogP contribution in [-0.4, -0.2) is 40.1 Å². The van der Waals surface area contributed by atoms with Crippen LogP contribution >= 0.6 is 0 Å². The number of ether oxygens (including phenoxy) is 1. The van der Waals surface area contributed by atoms with Gasteiger partial charge in [0.1, 0.15) is 11.1 Å². The number of oxazole rings is 1. The number of aromatic nitrogens is 2. The first-order valence-corrected chi connectivity index (χ1v) is 9.01. The minimum Gasteiger partial charge on any atom is -0.469 e. The summed E-state index contributed by atoms with van der Waals surface area (Å²) >= 11 is 0. The van der Waals surface area contributed by atoms with Gasteiger partial charge in [-0.3, -0.25) is 4.90 Å². The third kappa shape index (κ3) is 2.50. The summed E-state index contributed by atoms with van der Waals surface area (Å²) in [4.78, 5) is 11.6. The number of pyridine rings is 1. The molecule has 0 N–H and O–H groups in total. The molecule has 128 valence electrons. The van der Waals surface area contributed by atoms with Crippen molar-refractivity contribution in [3.63, 3.8) is 0 Å². The van der Waals surface area contributed by atoms with Gasteiger partial charge in [0.2, 0.25) is 11.8 Å². The molecule has 3 aromatic rings. The highest BCUT2D eigenvalue weighted by Gasteiger charge is 2.43. The second-order valence-corrected chi connectivity index (χ2v) is 7.11. The molecule has 0 bridgehead atoms. The number of hydrogen-bond acceptors (Lipinski definition) is 5. The summed E-state index contributed by atoms with van der Waals surface area (Å²) in [6.45, 7) is 5.44. The lowest BCUT2D eigenvalue weighted by atomic mass is 9.88. The molecule has 2 aromatic heterocycles. The molecule has 0 amide bonds. The zero-order chi connectivity index (χ0) is 16.9. The largest absolute Gasteiger partial charge is 0.469 e. The van der Waals surface area contributed by atoms with E-state index in [1.165, 1.54) is 13.0 Å². The number of para-hydroxylation sites is 2. The summed E-state index contributed by atoms with van der Waals surface area (Å²) in [5.74, 6) is 1.40. The highest BCUT2D eigenvalue weighted by Crippen LogP contribution is 2.40. The van der Waals surface area contributed by atoms with Crippen LogP contribution in [-0.2, 0) is 6.42 Å². The number of hydrogen-bond donors (Lipinski definition) is 0. The van der Waals surface area contributed by atoms with Crippen LogP contribution in [0.5, 0.6) is 5.88 Å². The quantitative estimate of drug-likeness (QED) is 0.715. The van der Waals surface area contributed by atoms with Crippen LogP contribution in [0.15, 0.2) is 40.9 Å². The summed E-state index contributed by atoms with van der Waals surface area (Å²) < 4.78 is 12.2. The number of rotatable bonds is 2. The Kier molecular flexibility index (Phi) is 3.31. The molecule has 2 aliphatic heterocycles. The fraction of sp³-hybridized carbons (Fsp3) is 0.400. The molecule has 25 heavy (non-hydrogen) atoms. The second-order valence-electron chi connectivity index (χ2n) is 7.11. The first-order chi connectivity index (χ1) is 12.2. The molecule has 1 aromatic carbocycles. The Hall–Kier alpha value is -2.40. The van der Waals surface area contributed by atoms with E-state index in [-0.39, 0.29) is 5.60 Å². The van der Waals surface area contributed by atoms with Crippen LogP contribution in [0.3, 0.4) is 0 Å². The number of likely N-dealkylation sites (tertiary alicyclic amines) is 1. The molecule has 5 rings (SSSR count). The van der Waals surface area contributed by atoms with Gasteiger partial charge < -0.3 is 9.15 Å². The van der Waals surface area contributed by atoms with Gasteiger partial charge in [0.15, 0.2) is 5.58 Å². The topological polar surface area (TPSA) is 51.4 Å². The first-order valence-electron chi connectivity index (χ1n) is 9.01. The monoisotopic (exact) mass is 335 g/mol. The van der Waals surface area contributed by atoms with E-state index in [2.05, 4.69) is 27.9 Å². The van der Waals surface area contributed by atoms with Crippen LogP contribution in [0.1, 0.15) is 25.3 Å².